The second-order valence-electron chi connectivity index (χ2n) is 6.90. The van der Waals surface area contributed by atoms with Crippen LogP contribution in [0.3, 0.4) is 0 Å². The summed E-state index contributed by atoms with van der Waals surface area (Å²) in [4.78, 5) is 12.0. The first-order valence-corrected chi connectivity index (χ1v) is 9.94. The molecule has 1 amide bonds. The van der Waals surface area contributed by atoms with Gasteiger partial charge in [0.2, 0.25) is 5.91 Å². The van der Waals surface area contributed by atoms with Crippen molar-refractivity contribution in [3.05, 3.63) is 93.8 Å². The number of hydrazone groups is 1. The molecule has 0 aromatic heterocycles. The molecule has 0 aliphatic heterocycles. The number of benzene rings is 3. The first kappa shape index (κ1) is 22.3. The van der Waals surface area contributed by atoms with Crippen LogP contribution in [-0.4, -0.2) is 19.2 Å². The van der Waals surface area contributed by atoms with Crippen LogP contribution in [-0.2, 0) is 17.8 Å². The van der Waals surface area contributed by atoms with Crippen molar-refractivity contribution in [1.82, 2.24) is 5.43 Å². The second-order valence-corrected chi connectivity index (χ2v) is 7.31. The van der Waals surface area contributed by atoms with Gasteiger partial charge in [0.05, 0.1) is 24.8 Å². The van der Waals surface area contributed by atoms with Crippen molar-refractivity contribution in [3.63, 3.8) is 0 Å². The Morgan fingerprint density at radius 2 is 1.77 bits per heavy atom. The van der Waals surface area contributed by atoms with E-state index in [-0.39, 0.29) is 18.1 Å². The highest BCUT2D eigenvalue weighted by atomic mass is 35.5. The zero-order valence-corrected chi connectivity index (χ0v) is 17.9. The van der Waals surface area contributed by atoms with Gasteiger partial charge in [-0.2, -0.15) is 5.10 Å². The summed E-state index contributed by atoms with van der Waals surface area (Å²) in [5.41, 5.74) is 5.94. The van der Waals surface area contributed by atoms with Crippen molar-refractivity contribution in [3.8, 4) is 11.5 Å². The molecule has 0 radical (unpaired) electrons. The summed E-state index contributed by atoms with van der Waals surface area (Å²) in [6.07, 6.45) is 1.55. The normalized spacial score (nSPS) is 10.8. The molecule has 0 aliphatic carbocycles. The molecule has 0 saturated heterocycles. The summed E-state index contributed by atoms with van der Waals surface area (Å²) in [5.74, 6) is 0.221. The van der Waals surface area contributed by atoms with Gasteiger partial charge in [0, 0.05) is 0 Å². The predicted octanol–water partition coefficient (Wildman–Crippen LogP) is 5.07. The largest absolute Gasteiger partial charge is 0.493 e. The van der Waals surface area contributed by atoms with Crippen LogP contribution in [0.2, 0.25) is 5.02 Å². The Morgan fingerprint density at radius 1 is 1.10 bits per heavy atom. The number of amides is 1. The Kier molecular flexibility index (Phi) is 7.62. The number of ether oxygens (including phenoxy) is 2. The summed E-state index contributed by atoms with van der Waals surface area (Å²) in [6, 6.07) is 17.1. The number of hydrogen-bond acceptors (Lipinski definition) is 4. The van der Waals surface area contributed by atoms with E-state index in [2.05, 4.69) is 10.5 Å². The fraction of sp³-hybridized carbons (Fsp3) is 0.167. The highest BCUT2D eigenvalue weighted by Gasteiger charge is 2.12. The fourth-order valence-corrected chi connectivity index (χ4v) is 3.07. The Bertz CT molecular complexity index is 1070. The highest BCUT2D eigenvalue weighted by molar-refractivity contribution is 6.32. The summed E-state index contributed by atoms with van der Waals surface area (Å²) in [7, 11) is 1.52. The lowest BCUT2D eigenvalue weighted by molar-refractivity contribution is -0.120. The van der Waals surface area contributed by atoms with Gasteiger partial charge in [0.15, 0.2) is 11.5 Å². The number of aryl methyl sites for hydroxylation is 1. The molecule has 0 saturated carbocycles. The smallest absolute Gasteiger partial charge is 0.244 e. The standard InChI is InChI=1S/C24H22ClFN2O3/c1-16-3-5-18(6-4-16)15-31-24-21(25)11-19(12-22(24)30-2)14-27-28-23(29)13-17-7-9-20(26)10-8-17/h3-12,14H,13,15H2,1-2H3,(H,28,29)/b27-14+. The monoisotopic (exact) mass is 440 g/mol. The maximum absolute atomic E-state index is 12.9. The molecule has 0 unspecified atom stereocenters. The average Bonchev–Trinajstić information content (AvgIpc) is 2.75. The van der Waals surface area contributed by atoms with Gasteiger partial charge < -0.3 is 9.47 Å². The van der Waals surface area contributed by atoms with Gasteiger partial charge in [-0.25, -0.2) is 9.82 Å². The molecule has 0 atom stereocenters. The lowest BCUT2D eigenvalue weighted by Gasteiger charge is -2.13. The van der Waals surface area contributed by atoms with E-state index in [1.54, 1.807) is 24.3 Å². The van der Waals surface area contributed by atoms with E-state index in [4.69, 9.17) is 21.1 Å². The van der Waals surface area contributed by atoms with Crippen LogP contribution >= 0.6 is 11.6 Å². The quantitative estimate of drug-likeness (QED) is 0.393. The maximum atomic E-state index is 12.9. The van der Waals surface area contributed by atoms with Crippen LogP contribution in [0.25, 0.3) is 0 Å². The van der Waals surface area contributed by atoms with Crippen LogP contribution in [0.15, 0.2) is 65.8 Å². The van der Waals surface area contributed by atoms with Crippen molar-refractivity contribution in [2.24, 2.45) is 5.10 Å². The highest BCUT2D eigenvalue weighted by Crippen LogP contribution is 2.36. The zero-order valence-electron chi connectivity index (χ0n) is 17.2. The van der Waals surface area contributed by atoms with Gasteiger partial charge in [-0.3, -0.25) is 4.79 Å². The third kappa shape index (κ3) is 6.55. The van der Waals surface area contributed by atoms with E-state index in [0.717, 1.165) is 5.56 Å². The summed E-state index contributed by atoms with van der Waals surface area (Å²) < 4.78 is 24.2. The number of carbonyl (C=O) groups excluding carboxylic acids is 1. The maximum Gasteiger partial charge on any atom is 0.244 e. The van der Waals surface area contributed by atoms with Crippen molar-refractivity contribution < 1.29 is 18.7 Å². The predicted molar refractivity (Wildman–Crippen MR) is 119 cm³/mol. The SMILES string of the molecule is COc1cc(/C=N/NC(=O)Cc2ccc(F)cc2)cc(Cl)c1OCc1ccc(C)cc1. The van der Waals surface area contributed by atoms with Crippen LogP contribution in [0.1, 0.15) is 22.3 Å². The van der Waals surface area contributed by atoms with Gasteiger partial charge in [0.25, 0.3) is 0 Å². The number of rotatable bonds is 8. The van der Waals surface area contributed by atoms with E-state index in [0.29, 0.717) is 34.3 Å². The van der Waals surface area contributed by atoms with Gasteiger partial charge in [-0.15, -0.1) is 0 Å². The fourth-order valence-electron chi connectivity index (χ4n) is 2.80. The molecule has 0 fully saturated rings. The van der Waals surface area contributed by atoms with E-state index >= 15 is 0 Å². The third-order valence-electron chi connectivity index (χ3n) is 4.44. The molecular formula is C24H22ClFN2O3. The summed E-state index contributed by atoms with van der Waals surface area (Å²) in [6.45, 7) is 2.37. The van der Waals surface area contributed by atoms with E-state index < -0.39 is 0 Å². The van der Waals surface area contributed by atoms with Gasteiger partial charge in [0.1, 0.15) is 12.4 Å². The molecule has 0 spiro atoms. The second kappa shape index (κ2) is 10.6. The lowest BCUT2D eigenvalue weighted by Crippen LogP contribution is -2.19. The molecule has 3 rings (SSSR count). The molecule has 7 heteroatoms. The first-order chi connectivity index (χ1) is 14.9. The zero-order chi connectivity index (χ0) is 22.2. The molecule has 0 bridgehead atoms. The number of nitrogens with one attached hydrogen (secondary N) is 1. The minimum Gasteiger partial charge on any atom is -0.493 e. The van der Waals surface area contributed by atoms with E-state index in [1.807, 2.05) is 31.2 Å². The van der Waals surface area contributed by atoms with Crippen molar-refractivity contribution in [2.75, 3.05) is 7.11 Å². The van der Waals surface area contributed by atoms with Gasteiger partial charge >= 0.3 is 0 Å². The molecule has 0 aliphatic rings. The first-order valence-electron chi connectivity index (χ1n) is 9.57. The van der Waals surface area contributed by atoms with Gasteiger partial charge in [-0.1, -0.05) is 53.6 Å². The van der Waals surface area contributed by atoms with Crippen LogP contribution in [0.4, 0.5) is 4.39 Å². The number of halogens is 2. The molecule has 1 N–H and O–H groups in total. The van der Waals surface area contributed by atoms with Crippen LogP contribution < -0.4 is 14.9 Å². The van der Waals surface area contributed by atoms with Gasteiger partial charge in [-0.05, 0) is 47.9 Å². The summed E-state index contributed by atoms with van der Waals surface area (Å²) in [5, 5.41) is 4.32. The van der Waals surface area contributed by atoms with Crippen molar-refractivity contribution in [2.45, 2.75) is 20.0 Å². The van der Waals surface area contributed by atoms with Crippen molar-refractivity contribution >= 4 is 23.7 Å². The minimum atomic E-state index is -0.348. The summed E-state index contributed by atoms with van der Waals surface area (Å²) >= 11 is 6.38. The van der Waals surface area contributed by atoms with Crippen molar-refractivity contribution in [1.29, 1.82) is 0 Å². The van der Waals surface area contributed by atoms with Crippen LogP contribution in [0.5, 0.6) is 11.5 Å². The number of carbonyl (C=O) groups is 1. The Morgan fingerprint density at radius 3 is 2.45 bits per heavy atom. The van der Waals surface area contributed by atoms with E-state index in [1.165, 1.54) is 31.0 Å². The Balaban J connectivity index is 1.62. The number of methoxy groups -OCH3 is 1. The third-order valence-corrected chi connectivity index (χ3v) is 4.72. The van der Waals surface area contributed by atoms with Crippen LogP contribution in [0, 0.1) is 12.7 Å². The number of nitrogens with zero attached hydrogens (tertiary/aromatic N) is 1. The number of hydrogen-bond donors (Lipinski definition) is 1. The molecule has 0 heterocycles. The Labute approximate surface area is 185 Å². The topological polar surface area (TPSA) is 59.9 Å². The Hall–Kier alpha value is -3.38. The molecular weight excluding hydrogens is 419 g/mol. The molecule has 3 aromatic carbocycles. The molecule has 160 valence electrons. The van der Waals surface area contributed by atoms with E-state index in [9.17, 15) is 9.18 Å². The lowest BCUT2D eigenvalue weighted by atomic mass is 10.1. The molecule has 5 nitrogen and oxygen atoms in total. The molecule has 3 aromatic rings. The minimum absolute atomic E-state index is 0.0908. The average molecular weight is 441 g/mol. The molecule has 31 heavy (non-hydrogen) atoms.